The van der Waals surface area contributed by atoms with E-state index in [4.69, 9.17) is 18.9 Å². The fraction of sp³-hybridized carbons (Fsp3) is 0.632. The minimum absolute atomic E-state index is 0.0159. The summed E-state index contributed by atoms with van der Waals surface area (Å²) in [6, 6.07) is 5.31. The average Bonchev–Trinajstić information content (AvgIpc) is 3.05. The molecule has 1 saturated heterocycles. The molecule has 0 radical (unpaired) electrons. The second-order valence-electron chi connectivity index (χ2n) is 6.77. The number of carbonyl (C=O) groups excluding carboxylic acids is 1. The SMILES string of the molecule is COc1cc(OC)cc(C(=O)N2CC[C@]3(OC)CC[C@H](OC)C[C@H]23)c1. The monoisotopic (exact) mass is 349 g/mol. The second-order valence-corrected chi connectivity index (χ2v) is 6.77. The second kappa shape index (κ2) is 7.22. The molecule has 1 aromatic rings. The number of hydrogen-bond acceptors (Lipinski definition) is 5. The Labute approximate surface area is 149 Å². The quantitative estimate of drug-likeness (QED) is 0.817. The third-order valence-corrected chi connectivity index (χ3v) is 5.73. The lowest BCUT2D eigenvalue weighted by atomic mass is 9.79. The first kappa shape index (κ1) is 18.0. The summed E-state index contributed by atoms with van der Waals surface area (Å²) in [5.74, 6) is 1.20. The summed E-state index contributed by atoms with van der Waals surface area (Å²) in [6.07, 6.45) is 3.71. The molecular weight excluding hydrogens is 322 g/mol. The van der Waals surface area contributed by atoms with E-state index in [-0.39, 0.29) is 23.7 Å². The van der Waals surface area contributed by atoms with Gasteiger partial charge in [0.2, 0.25) is 0 Å². The molecule has 2 fully saturated rings. The van der Waals surface area contributed by atoms with E-state index in [0.717, 1.165) is 25.7 Å². The third-order valence-electron chi connectivity index (χ3n) is 5.73. The summed E-state index contributed by atoms with van der Waals surface area (Å²) in [5.41, 5.74) is 0.316. The van der Waals surface area contributed by atoms with E-state index in [1.54, 1.807) is 46.6 Å². The highest BCUT2D eigenvalue weighted by atomic mass is 16.5. The van der Waals surface area contributed by atoms with E-state index in [2.05, 4.69) is 0 Å². The molecular formula is C19H27NO5. The van der Waals surface area contributed by atoms with Crippen molar-refractivity contribution in [3.63, 3.8) is 0 Å². The Kier molecular flexibility index (Phi) is 5.20. The van der Waals surface area contributed by atoms with Crippen LogP contribution in [-0.4, -0.2) is 63.5 Å². The van der Waals surface area contributed by atoms with Gasteiger partial charge in [-0.05, 0) is 37.8 Å². The molecule has 2 aliphatic rings. The molecule has 6 nitrogen and oxygen atoms in total. The number of likely N-dealkylation sites (tertiary alicyclic amines) is 1. The highest BCUT2D eigenvalue weighted by Gasteiger charge is 2.52. The first-order valence-corrected chi connectivity index (χ1v) is 8.69. The molecule has 0 aromatic heterocycles. The van der Waals surface area contributed by atoms with Crippen molar-refractivity contribution < 1.29 is 23.7 Å². The van der Waals surface area contributed by atoms with Gasteiger partial charge in [0.25, 0.3) is 5.91 Å². The van der Waals surface area contributed by atoms with E-state index in [9.17, 15) is 4.79 Å². The lowest BCUT2D eigenvalue weighted by molar-refractivity contribution is -0.0893. The maximum atomic E-state index is 13.2. The van der Waals surface area contributed by atoms with Crippen molar-refractivity contribution in [3.05, 3.63) is 23.8 Å². The van der Waals surface area contributed by atoms with E-state index in [1.807, 2.05) is 4.90 Å². The van der Waals surface area contributed by atoms with Gasteiger partial charge in [0, 0.05) is 32.4 Å². The van der Waals surface area contributed by atoms with Gasteiger partial charge in [-0.3, -0.25) is 4.79 Å². The lowest BCUT2D eigenvalue weighted by Gasteiger charge is -2.43. The number of methoxy groups -OCH3 is 4. The lowest BCUT2D eigenvalue weighted by Crippen LogP contribution is -2.53. The highest BCUT2D eigenvalue weighted by Crippen LogP contribution is 2.43. The smallest absolute Gasteiger partial charge is 0.254 e. The van der Waals surface area contributed by atoms with Crippen LogP contribution in [-0.2, 0) is 9.47 Å². The van der Waals surface area contributed by atoms with Crippen LogP contribution in [0.1, 0.15) is 36.0 Å². The summed E-state index contributed by atoms with van der Waals surface area (Å²) < 4.78 is 22.1. The molecule has 138 valence electrons. The number of carbonyl (C=O) groups is 1. The first-order valence-electron chi connectivity index (χ1n) is 8.69. The number of rotatable bonds is 5. The normalized spacial score (nSPS) is 28.6. The fourth-order valence-corrected chi connectivity index (χ4v) is 4.22. The molecule has 0 bridgehead atoms. The molecule has 3 rings (SSSR count). The zero-order chi connectivity index (χ0) is 18.0. The predicted octanol–water partition coefficient (Wildman–Crippen LogP) is 2.50. The molecule has 1 aliphatic heterocycles. The number of ether oxygens (including phenoxy) is 4. The van der Waals surface area contributed by atoms with Crippen molar-refractivity contribution in [1.29, 1.82) is 0 Å². The van der Waals surface area contributed by atoms with Crippen LogP contribution in [0.3, 0.4) is 0 Å². The Balaban J connectivity index is 1.89. The topological polar surface area (TPSA) is 57.2 Å². The van der Waals surface area contributed by atoms with E-state index in [1.165, 1.54) is 0 Å². The molecule has 0 N–H and O–H groups in total. The van der Waals surface area contributed by atoms with Crippen molar-refractivity contribution in [2.24, 2.45) is 0 Å². The van der Waals surface area contributed by atoms with Crippen molar-refractivity contribution in [2.75, 3.05) is 35.0 Å². The summed E-state index contributed by atoms with van der Waals surface area (Å²) in [5, 5.41) is 0. The van der Waals surface area contributed by atoms with Crippen LogP contribution in [0.5, 0.6) is 11.5 Å². The van der Waals surface area contributed by atoms with Gasteiger partial charge in [0.1, 0.15) is 11.5 Å². The fourth-order valence-electron chi connectivity index (χ4n) is 4.22. The maximum absolute atomic E-state index is 13.2. The van der Waals surface area contributed by atoms with Gasteiger partial charge in [0.05, 0.1) is 32.0 Å². The van der Waals surface area contributed by atoms with Crippen molar-refractivity contribution >= 4 is 5.91 Å². The summed E-state index contributed by atoms with van der Waals surface area (Å²) in [6.45, 7) is 0.688. The molecule has 3 atom stereocenters. The molecule has 1 amide bonds. The minimum Gasteiger partial charge on any atom is -0.497 e. The molecule has 0 unspecified atom stereocenters. The van der Waals surface area contributed by atoms with Gasteiger partial charge in [-0.15, -0.1) is 0 Å². The molecule has 0 spiro atoms. The molecule has 1 aromatic carbocycles. The Hall–Kier alpha value is -1.79. The molecule has 1 saturated carbocycles. The van der Waals surface area contributed by atoms with Gasteiger partial charge in [-0.2, -0.15) is 0 Å². The van der Waals surface area contributed by atoms with Gasteiger partial charge in [0.15, 0.2) is 0 Å². The largest absolute Gasteiger partial charge is 0.497 e. The van der Waals surface area contributed by atoms with Crippen LogP contribution in [0.15, 0.2) is 18.2 Å². The Morgan fingerprint density at radius 2 is 1.76 bits per heavy atom. The Morgan fingerprint density at radius 1 is 1.08 bits per heavy atom. The number of amides is 1. The van der Waals surface area contributed by atoms with E-state index < -0.39 is 0 Å². The van der Waals surface area contributed by atoms with Crippen LogP contribution in [0.4, 0.5) is 0 Å². The van der Waals surface area contributed by atoms with Gasteiger partial charge >= 0.3 is 0 Å². The minimum atomic E-state index is -0.256. The van der Waals surface area contributed by atoms with Crippen LogP contribution in [0.25, 0.3) is 0 Å². The van der Waals surface area contributed by atoms with Crippen molar-refractivity contribution in [1.82, 2.24) is 4.90 Å². The highest BCUT2D eigenvalue weighted by molar-refractivity contribution is 5.95. The molecule has 1 aliphatic carbocycles. The van der Waals surface area contributed by atoms with Crippen LogP contribution in [0.2, 0.25) is 0 Å². The van der Waals surface area contributed by atoms with Crippen LogP contribution < -0.4 is 9.47 Å². The molecule has 25 heavy (non-hydrogen) atoms. The van der Waals surface area contributed by atoms with E-state index in [0.29, 0.717) is 23.6 Å². The van der Waals surface area contributed by atoms with Crippen molar-refractivity contribution in [3.8, 4) is 11.5 Å². The molecule has 1 heterocycles. The van der Waals surface area contributed by atoms with Gasteiger partial charge in [-0.1, -0.05) is 0 Å². The average molecular weight is 349 g/mol. The van der Waals surface area contributed by atoms with Gasteiger partial charge < -0.3 is 23.8 Å². The number of nitrogens with zero attached hydrogens (tertiary/aromatic N) is 1. The predicted molar refractivity (Wildman–Crippen MR) is 93.4 cm³/mol. The zero-order valence-corrected chi connectivity index (χ0v) is 15.4. The first-order chi connectivity index (χ1) is 12.1. The van der Waals surface area contributed by atoms with Gasteiger partial charge in [-0.25, -0.2) is 0 Å². The van der Waals surface area contributed by atoms with Crippen molar-refractivity contribution in [2.45, 2.75) is 43.4 Å². The summed E-state index contributed by atoms with van der Waals surface area (Å²) >= 11 is 0. The van der Waals surface area contributed by atoms with Crippen LogP contribution >= 0.6 is 0 Å². The Morgan fingerprint density at radius 3 is 2.32 bits per heavy atom. The van der Waals surface area contributed by atoms with E-state index >= 15 is 0 Å². The number of benzene rings is 1. The standard InChI is InChI=1S/C19H27NO5/c1-22-14-5-6-19(25-4)7-8-20(17(19)12-14)18(21)13-9-15(23-2)11-16(10-13)24-3/h9-11,14,17H,5-8,12H2,1-4H3/t14-,17-,19+/m0/s1. The number of fused-ring (bicyclic) bond motifs is 1. The third kappa shape index (κ3) is 3.20. The zero-order valence-electron chi connectivity index (χ0n) is 15.4. The number of hydrogen-bond donors (Lipinski definition) is 0. The summed E-state index contributed by atoms with van der Waals surface area (Å²) in [7, 11) is 6.65. The summed E-state index contributed by atoms with van der Waals surface area (Å²) in [4.78, 5) is 15.1. The van der Waals surface area contributed by atoms with Crippen LogP contribution in [0, 0.1) is 0 Å². The maximum Gasteiger partial charge on any atom is 0.254 e. The molecule has 6 heteroatoms. The Bertz CT molecular complexity index is 612.